The predicted molar refractivity (Wildman–Crippen MR) is 102 cm³/mol. The normalized spacial score (nSPS) is 11.2. The first-order valence-corrected chi connectivity index (χ1v) is 9.76. The van der Waals surface area contributed by atoms with Gasteiger partial charge in [0, 0.05) is 16.1 Å². The van der Waals surface area contributed by atoms with Gasteiger partial charge in [0.05, 0.1) is 5.02 Å². The summed E-state index contributed by atoms with van der Waals surface area (Å²) < 4.78 is 29.8. The van der Waals surface area contributed by atoms with Gasteiger partial charge >= 0.3 is 10.1 Å². The largest absolute Gasteiger partial charge is 0.505 e. The van der Waals surface area contributed by atoms with Gasteiger partial charge in [-0.05, 0) is 36.4 Å². The average molecular weight is 423 g/mol. The molecule has 0 heterocycles. The summed E-state index contributed by atoms with van der Waals surface area (Å²) in [7, 11) is -4.38. The Morgan fingerprint density at radius 1 is 0.889 bits per heavy atom. The van der Waals surface area contributed by atoms with Crippen LogP contribution in [0.1, 0.15) is 15.9 Å². The molecule has 0 aliphatic heterocycles. The number of ketones is 1. The monoisotopic (exact) mass is 422 g/mol. The number of benzene rings is 3. The Hall–Kier alpha value is -2.54. The van der Waals surface area contributed by atoms with E-state index in [1.54, 1.807) is 30.3 Å². The molecule has 0 spiro atoms. The highest BCUT2D eigenvalue weighted by Crippen LogP contribution is 2.35. The van der Waals surface area contributed by atoms with Crippen LogP contribution in [-0.4, -0.2) is 19.3 Å². The average Bonchev–Trinajstić information content (AvgIpc) is 2.65. The molecule has 0 aliphatic carbocycles. The van der Waals surface area contributed by atoms with Crippen molar-refractivity contribution in [2.75, 3.05) is 0 Å². The third kappa shape index (κ3) is 4.24. The van der Waals surface area contributed by atoms with Crippen LogP contribution in [0, 0.1) is 0 Å². The van der Waals surface area contributed by atoms with E-state index in [-0.39, 0.29) is 21.6 Å². The highest BCUT2D eigenvalue weighted by Gasteiger charge is 2.24. The maximum absolute atomic E-state index is 12.4. The Balaban J connectivity index is 1.85. The van der Waals surface area contributed by atoms with Gasteiger partial charge in [0.2, 0.25) is 0 Å². The van der Waals surface area contributed by atoms with Crippen molar-refractivity contribution in [3.8, 4) is 11.5 Å². The fourth-order valence-electron chi connectivity index (χ4n) is 2.32. The van der Waals surface area contributed by atoms with Gasteiger partial charge in [0.25, 0.3) is 0 Å². The third-order valence-electron chi connectivity index (χ3n) is 3.62. The van der Waals surface area contributed by atoms with Crippen molar-refractivity contribution in [3.05, 3.63) is 87.9 Å². The molecule has 8 heteroatoms. The Bertz CT molecular complexity index is 1090. The fraction of sp³-hybridized carbons (Fsp3) is 0. The van der Waals surface area contributed by atoms with Crippen molar-refractivity contribution in [1.29, 1.82) is 0 Å². The van der Waals surface area contributed by atoms with Gasteiger partial charge in [-0.3, -0.25) is 4.79 Å². The quantitative estimate of drug-likeness (QED) is 0.476. The van der Waals surface area contributed by atoms with Gasteiger partial charge in [0.15, 0.2) is 16.4 Å². The van der Waals surface area contributed by atoms with Crippen LogP contribution < -0.4 is 4.18 Å². The standard InChI is InChI=1S/C19H12Cl2O5S/c20-14-10-16(21)19(23)17(11-14)27(24,25)26-15-8-6-13(7-9-15)18(22)12-4-2-1-3-5-12/h1-11,23H. The molecule has 3 rings (SSSR count). The highest BCUT2D eigenvalue weighted by molar-refractivity contribution is 7.87. The summed E-state index contributed by atoms with van der Waals surface area (Å²) in [6, 6.07) is 16.5. The van der Waals surface area contributed by atoms with Crippen molar-refractivity contribution >= 4 is 39.1 Å². The van der Waals surface area contributed by atoms with Crippen LogP contribution >= 0.6 is 23.2 Å². The molecule has 1 N–H and O–H groups in total. The van der Waals surface area contributed by atoms with Gasteiger partial charge in [-0.1, -0.05) is 53.5 Å². The van der Waals surface area contributed by atoms with E-state index in [0.717, 1.165) is 6.07 Å². The molecule has 3 aromatic rings. The van der Waals surface area contributed by atoms with Crippen LogP contribution in [0.3, 0.4) is 0 Å². The number of phenolic OH excluding ortho intramolecular Hbond substituents is 1. The molecule has 0 saturated carbocycles. The minimum atomic E-state index is -4.38. The minimum Gasteiger partial charge on any atom is -0.505 e. The molecule has 3 aromatic carbocycles. The first-order valence-electron chi connectivity index (χ1n) is 7.60. The summed E-state index contributed by atoms with van der Waals surface area (Å²) in [5, 5.41) is 9.70. The Labute approximate surface area is 165 Å². The zero-order chi connectivity index (χ0) is 19.6. The van der Waals surface area contributed by atoms with Crippen LogP contribution in [0.5, 0.6) is 11.5 Å². The van der Waals surface area contributed by atoms with E-state index in [9.17, 15) is 18.3 Å². The molecule has 0 atom stereocenters. The zero-order valence-corrected chi connectivity index (χ0v) is 15.9. The second kappa shape index (κ2) is 7.60. The Morgan fingerprint density at radius 3 is 2.11 bits per heavy atom. The van der Waals surface area contributed by atoms with E-state index in [0.29, 0.717) is 11.1 Å². The third-order valence-corrected chi connectivity index (χ3v) is 5.39. The highest BCUT2D eigenvalue weighted by atomic mass is 35.5. The van der Waals surface area contributed by atoms with E-state index in [1.165, 1.54) is 30.3 Å². The van der Waals surface area contributed by atoms with Crippen molar-refractivity contribution in [2.45, 2.75) is 4.90 Å². The lowest BCUT2D eigenvalue weighted by atomic mass is 10.0. The molecular weight excluding hydrogens is 411 g/mol. The predicted octanol–water partition coefficient (Wildman–Crippen LogP) is 4.70. The number of halogens is 2. The number of hydrogen-bond acceptors (Lipinski definition) is 5. The number of rotatable bonds is 5. The summed E-state index contributed by atoms with van der Waals surface area (Å²) in [5.41, 5.74) is 0.886. The molecule has 0 fully saturated rings. The summed E-state index contributed by atoms with van der Waals surface area (Å²) in [6.45, 7) is 0. The van der Waals surface area contributed by atoms with Gasteiger partial charge < -0.3 is 9.29 Å². The van der Waals surface area contributed by atoms with Crippen LogP contribution in [0.15, 0.2) is 71.6 Å². The summed E-state index contributed by atoms with van der Waals surface area (Å²) >= 11 is 11.5. The number of aromatic hydroxyl groups is 1. The van der Waals surface area contributed by atoms with E-state index in [4.69, 9.17) is 27.4 Å². The lowest BCUT2D eigenvalue weighted by molar-refractivity contribution is 0.103. The van der Waals surface area contributed by atoms with Crippen molar-refractivity contribution < 1.29 is 22.5 Å². The summed E-state index contributed by atoms with van der Waals surface area (Å²) in [4.78, 5) is 11.8. The first kappa shape index (κ1) is 19.2. The van der Waals surface area contributed by atoms with Gasteiger partial charge in [-0.15, -0.1) is 0 Å². The molecule has 0 aromatic heterocycles. The molecule has 0 radical (unpaired) electrons. The van der Waals surface area contributed by atoms with Gasteiger partial charge in [-0.25, -0.2) is 0 Å². The number of hydrogen-bond donors (Lipinski definition) is 1. The van der Waals surface area contributed by atoms with Crippen LogP contribution in [0.2, 0.25) is 10.0 Å². The van der Waals surface area contributed by atoms with E-state index < -0.39 is 20.8 Å². The van der Waals surface area contributed by atoms with E-state index in [2.05, 4.69) is 0 Å². The SMILES string of the molecule is O=C(c1ccccc1)c1ccc(OS(=O)(=O)c2cc(Cl)cc(Cl)c2O)cc1. The lowest BCUT2D eigenvalue weighted by Crippen LogP contribution is -2.10. The van der Waals surface area contributed by atoms with Crippen LogP contribution in [0.4, 0.5) is 0 Å². The second-order valence-electron chi connectivity index (χ2n) is 5.49. The van der Waals surface area contributed by atoms with Crippen molar-refractivity contribution in [2.24, 2.45) is 0 Å². The first-order chi connectivity index (χ1) is 12.8. The van der Waals surface area contributed by atoms with E-state index >= 15 is 0 Å². The molecule has 0 saturated heterocycles. The number of carbonyl (C=O) groups excluding carboxylic acids is 1. The lowest BCUT2D eigenvalue weighted by Gasteiger charge is -2.10. The van der Waals surface area contributed by atoms with Crippen LogP contribution in [0.25, 0.3) is 0 Å². The van der Waals surface area contributed by atoms with Gasteiger partial charge in [0.1, 0.15) is 5.75 Å². The number of carbonyl (C=O) groups is 1. The zero-order valence-electron chi connectivity index (χ0n) is 13.6. The van der Waals surface area contributed by atoms with Crippen molar-refractivity contribution in [1.82, 2.24) is 0 Å². The summed E-state index contributed by atoms with van der Waals surface area (Å²) in [5.74, 6) is -0.892. The smallest absolute Gasteiger partial charge is 0.343 e. The molecule has 0 aliphatic rings. The summed E-state index contributed by atoms with van der Waals surface area (Å²) in [6.07, 6.45) is 0. The maximum atomic E-state index is 12.4. The molecule has 27 heavy (non-hydrogen) atoms. The topological polar surface area (TPSA) is 80.7 Å². The van der Waals surface area contributed by atoms with Crippen LogP contribution in [-0.2, 0) is 10.1 Å². The fourth-order valence-corrected chi connectivity index (χ4v) is 4.01. The maximum Gasteiger partial charge on any atom is 0.343 e. The molecule has 138 valence electrons. The molecule has 0 bridgehead atoms. The molecular formula is C19H12Cl2O5S. The second-order valence-corrected chi connectivity index (χ2v) is 7.85. The van der Waals surface area contributed by atoms with Gasteiger partial charge in [-0.2, -0.15) is 8.42 Å². The molecule has 5 nitrogen and oxygen atoms in total. The van der Waals surface area contributed by atoms with E-state index in [1.807, 2.05) is 0 Å². The Kier molecular flexibility index (Phi) is 5.41. The molecule has 0 amide bonds. The van der Waals surface area contributed by atoms with Crippen molar-refractivity contribution in [3.63, 3.8) is 0 Å². The number of phenols is 1. The molecule has 0 unspecified atom stereocenters. The Morgan fingerprint density at radius 2 is 1.48 bits per heavy atom. The minimum absolute atomic E-state index is 0.0313.